The molecule has 0 aromatic heterocycles. The minimum atomic E-state index is -0.330. The van der Waals surface area contributed by atoms with Crippen LogP contribution in [0, 0.1) is 0 Å². The van der Waals surface area contributed by atoms with Crippen molar-refractivity contribution in [2.24, 2.45) is 0 Å². The number of carbonyl (C=O) groups is 1. The van der Waals surface area contributed by atoms with Crippen LogP contribution < -0.4 is 0 Å². The first-order valence-electron chi connectivity index (χ1n) is 8.32. The maximum absolute atomic E-state index is 10.3. The number of rotatable bonds is 6. The molecule has 0 radical (unpaired) electrons. The Bertz CT molecular complexity index is 557. The van der Waals surface area contributed by atoms with E-state index < -0.39 is 0 Å². The molecule has 0 amide bonds. The molecule has 0 aliphatic carbocycles. The molecule has 2 nitrogen and oxygen atoms in total. The highest BCUT2D eigenvalue weighted by Crippen LogP contribution is 1.98. The molecule has 0 atom stereocenters. The molecule has 2 heteroatoms. The zero-order chi connectivity index (χ0) is 18.8. The average molecular weight is 336 g/mol. The highest BCUT2D eigenvalue weighted by molar-refractivity contribution is 5.81. The standard InChI is InChI=1S/2C8H8.C7H12O2/c2*1-2-8-6-4-3-5-7-8;1-3-5-6-9-7(8)4-2/h2*2-7H,1H2;4H,2-3,5-6H2,1H3. The lowest BCUT2D eigenvalue weighted by atomic mass is 10.2. The van der Waals surface area contributed by atoms with E-state index in [1.54, 1.807) is 0 Å². The summed E-state index contributed by atoms with van der Waals surface area (Å²) >= 11 is 0. The summed E-state index contributed by atoms with van der Waals surface area (Å²) in [7, 11) is 0. The van der Waals surface area contributed by atoms with Gasteiger partial charge in [-0.2, -0.15) is 0 Å². The second-order valence-electron chi connectivity index (χ2n) is 4.95. The molecular formula is C23H28O2. The summed E-state index contributed by atoms with van der Waals surface area (Å²) in [6.07, 6.45) is 6.82. The molecule has 132 valence electrons. The molecule has 0 spiro atoms. The fourth-order valence-electron chi connectivity index (χ4n) is 1.55. The van der Waals surface area contributed by atoms with Gasteiger partial charge in [-0.1, -0.05) is 106 Å². The Labute approximate surface area is 152 Å². The number of hydrogen-bond donors (Lipinski definition) is 0. The monoisotopic (exact) mass is 336 g/mol. The van der Waals surface area contributed by atoms with Gasteiger partial charge in [0.2, 0.25) is 0 Å². The van der Waals surface area contributed by atoms with E-state index in [9.17, 15) is 4.79 Å². The van der Waals surface area contributed by atoms with Gasteiger partial charge >= 0.3 is 5.97 Å². The summed E-state index contributed by atoms with van der Waals surface area (Å²) in [5.74, 6) is -0.330. The number of unbranched alkanes of at least 4 members (excludes halogenated alkanes) is 1. The third-order valence-corrected chi connectivity index (χ3v) is 2.98. The van der Waals surface area contributed by atoms with Crippen LogP contribution in [0.3, 0.4) is 0 Å². The summed E-state index contributed by atoms with van der Waals surface area (Å²) in [4.78, 5) is 10.3. The van der Waals surface area contributed by atoms with Crippen LogP contribution in [0.15, 0.2) is 86.5 Å². The third-order valence-electron chi connectivity index (χ3n) is 2.98. The second kappa shape index (κ2) is 16.0. The van der Waals surface area contributed by atoms with Crippen molar-refractivity contribution in [2.75, 3.05) is 6.61 Å². The Morgan fingerprint density at radius 3 is 1.60 bits per heavy atom. The van der Waals surface area contributed by atoms with Gasteiger partial charge in [0.15, 0.2) is 0 Å². The van der Waals surface area contributed by atoms with E-state index in [-0.39, 0.29) is 5.97 Å². The molecule has 2 aromatic carbocycles. The van der Waals surface area contributed by atoms with Gasteiger partial charge in [-0.25, -0.2) is 4.79 Å². The lowest BCUT2D eigenvalue weighted by Crippen LogP contribution is -2.00. The van der Waals surface area contributed by atoms with Crippen LogP contribution in [-0.2, 0) is 9.53 Å². The minimum Gasteiger partial charge on any atom is -0.463 e. The zero-order valence-electron chi connectivity index (χ0n) is 15.1. The normalized spacial score (nSPS) is 8.52. The Hall–Kier alpha value is -2.87. The summed E-state index contributed by atoms with van der Waals surface area (Å²) < 4.78 is 4.67. The van der Waals surface area contributed by atoms with E-state index >= 15 is 0 Å². The average Bonchev–Trinajstić information content (AvgIpc) is 2.70. The van der Waals surface area contributed by atoms with Crippen LogP contribution >= 0.6 is 0 Å². The number of ether oxygens (including phenoxy) is 1. The highest BCUT2D eigenvalue weighted by atomic mass is 16.5. The summed E-state index contributed by atoms with van der Waals surface area (Å²) in [5.41, 5.74) is 2.35. The molecule has 0 bridgehead atoms. The maximum Gasteiger partial charge on any atom is 0.330 e. The van der Waals surface area contributed by atoms with Gasteiger partial charge in [-0.15, -0.1) is 0 Å². The fourth-order valence-corrected chi connectivity index (χ4v) is 1.55. The lowest BCUT2D eigenvalue weighted by molar-refractivity contribution is -0.137. The number of carbonyl (C=O) groups excluding carboxylic acids is 1. The van der Waals surface area contributed by atoms with E-state index in [1.165, 1.54) is 17.2 Å². The van der Waals surface area contributed by atoms with Crippen molar-refractivity contribution in [3.05, 3.63) is 97.6 Å². The third kappa shape index (κ3) is 13.3. The van der Waals surface area contributed by atoms with Crippen LogP contribution in [-0.4, -0.2) is 12.6 Å². The molecule has 0 N–H and O–H groups in total. The quantitative estimate of drug-likeness (QED) is 0.358. The second-order valence-corrected chi connectivity index (χ2v) is 4.95. The number of hydrogen-bond acceptors (Lipinski definition) is 2. The Morgan fingerprint density at radius 2 is 1.32 bits per heavy atom. The van der Waals surface area contributed by atoms with E-state index in [1.807, 2.05) is 79.7 Å². The predicted molar refractivity (Wildman–Crippen MR) is 109 cm³/mol. The van der Waals surface area contributed by atoms with Crippen molar-refractivity contribution in [1.82, 2.24) is 0 Å². The molecule has 0 unspecified atom stereocenters. The van der Waals surface area contributed by atoms with Crippen molar-refractivity contribution in [3.63, 3.8) is 0 Å². The Balaban J connectivity index is 0.000000346. The highest BCUT2D eigenvalue weighted by Gasteiger charge is 1.91. The van der Waals surface area contributed by atoms with E-state index in [4.69, 9.17) is 0 Å². The molecule has 2 aromatic rings. The first-order chi connectivity index (χ1) is 12.2. The molecule has 2 rings (SSSR count). The Morgan fingerprint density at radius 1 is 0.880 bits per heavy atom. The van der Waals surface area contributed by atoms with E-state index in [0.29, 0.717) is 6.61 Å². The van der Waals surface area contributed by atoms with Gasteiger partial charge in [0, 0.05) is 6.08 Å². The topological polar surface area (TPSA) is 26.3 Å². The van der Waals surface area contributed by atoms with E-state index in [2.05, 4.69) is 24.5 Å². The van der Waals surface area contributed by atoms with Crippen LogP contribution in [0.25, 0.3) is 12.2 Å². The number of esters is 1. The molecule has 0 saturated carbocycles. The van der Waals surface area contributed by atoms with Crippen LogP contribution in [0.2, 0.25) is 0 Å². The van der Waals surface area contributed by atoms with E-state index in [0.717, 1.165) is 12.8 Å². The summed E-state index contributed by atoms with van der Waals surface area (Å²) in [5, 5.41) is 0. The molecule has 0 saturated heterocycles. The van der Waals surface area contributed by atoms with Gasteiger partial charge in [0.05, 0.1) is 6.61 Å². The smallest absolute Gasteiger partial charge is 0.330 e. The maximum atomic E-state index is 10.3. The fraction of sp³-hybridized carbons (Fsp3) is 0.174. The summed E-state index contributed by atoms with van der Waals surface area (Å²) in [6.45, 7) is 13.1. The van der Waals surface area contributed by atoms with Crippen molar-refractivity contribution in [3.8, 4) is 0 Å². The van der Waals surface area contributed by atoms with Gasteiger partial charge in [-0.05, 0) is 17.5 Å². The van der Waals surface area contributed by atoms with Gasteiger partial charge in [0.25, 0.3) is 0 Å². The number of benzene rings is 2. The van der Waals surface area contributed by atoms with Gasteiger partial charge < -0.3 is 4.74 Å². The first kappa shape index (κ1) is 22.1. The predicted octanol–water partition coefficient (Wildman–Crippen LogP) is 6.17. The summed E-state index contributed by atoms with van der Waals surface area (Å²) in [6, 6.07) is 20.1. The molecule has 25 heavy (non-hydrogen) atoms. The zero-order valence-corrected chi connectivity index (χ0v) is 15.1. The molecule has 0 aliphatic heterocycles. The largest absolute Gasteiger partial charge is 0.463 e. The Kier molecular flexibility index (Phi) is 14.2. The minimum absolute atomic E-state index is 0.330. The molecule has 0 fully saturated rings. The SMILES string of the molecule is C=CC(=O)OCCCC.C=Cc1ccccc1.C=Cc1ccccc1. The van der Waals surface area contributed by atoms with Gasteiger partial charge in [-0.3, -0.25) is 0 Å². The van der Waals surface area contributed by atoms with Gasteiger partial charge in [0.1, 0.15) is 0 Å². The van der Waals surface area contributed by atoms with Crippen molar-refractivity contribution in [2.45, 2.75) is 19.8 Å². The molecule has 0 aliphatic rings. The first-order valence-corrected chi connectivity index (χ1v) is 8.32. The lowest BCUT2D eigenvalue weighted by Gasteiger charge is -1.97. The van der Waals surface area contributed by atoms with Crippen LogP contribution in [0.4, 0.5) is 0 Å². The molecular weight excluding hydrogens is 308 g/mol. The van der Waals surface area contributed by atoms with Crippen LogP contribution in [0.1, 0.15) is 30.9 Å². The molecule has 0 heterocycles. The van der Waals surface area contributed by atoms with Crippen molar-refractivity contribution >= 4 is 18.1 Å². The van der Waals surface area contributed by atoms with Crippen LogP contribution in [0.5, 0.6) is 0 Å². The van der Waals surface area contributed by atoms with Crippen molar-refractivity contribution in [1.29, 1.82) is 0 Å². The van der Waals surface area contributed by atoms with Crippen molar-refractivity contribution < 1.29 is 9.53 Å².